The van der Waals surface area contributed by atoms with Gasteiger partial charge in [0.25, 0.3) is 0 Å². The van der Waals surface area contributed by atoms with Gasteiger partial charge in [0.2, 0.25) is 0 Å². The van der Waals surface area contributed by atoms with Crippen molar-refractivity contribution in [1.82, 2.24) is 4.37 Å². The molecule has 0 aliphatic rings. The molecule has 0 bridgehead atoms. The Morgan fingerprint density at radius 1 is 1.67 bits per heavy atom. The molecular weight excluding hydrogens is 178 g/mol. The molecule has 0 atom stereocenters. The average Bonchev–Trinajstić information content (AvgIpc) is 2.56. The lowest BCUT2D eigenvalue weighted by Gasteiger charge is -1.94. The normalized spacial score (nSPS) is 9.42. The molecule has 0 radical (unpaired) electrons. The molecule has 0 amide bonds. The molecule has 1 heterocycles. The van der Waals surface area contributed by atoms with Crippen LogP contribution in [0.1, 0.15) is 16.9 Å². The summed E-state index contributed by atoms with van der Waals surface area (Å²) in [6, 6.07) is 1.58. The van der Waals surface area contributed by atoms with E-state index < -0.39 is 5.97 Å². The predicted molar refractivity (Wildman–Crippen MR) is 43.1 cm³/mol. The molecule has 1 aromatic heterocycles. The second-order valence-corrected chi connectivity index (χ2v) is 2.73. The first-order valence-corrected chi connectivity index (χ1v) is 4.08. The molecule has 0 saturated heterocycles. The van der Waals surface area contributed by atoms with Crippen LogP contribution in [0.15, 0.2) is 11.4 Å². The van der Waals surface area contributed by atoms with E-state index in [1.165, 1.54) is 18.6 Å². The molecular formula is C7H7NO3S. The lowest BCUT2D eigenvalue weighted by atomic mass is 10.2. The number of carbonyl (C=O) groups is 2. The van der Waals surface area contributed by atoms with Crippen LogP contribution in [0.3, 0.4) is 0 Å². The fourth-order valence-corrected chi connectivity index (χ4v) is 1.18. The van der Waals surface area contributed by atoms with Gasteiger partial charge in [0.15, 0.2) is 5.78 Å². The van der Waals surface area contributed by atoms with E-state index in [2.05, 4.69) is 9.11 Å². The summed E-state index contributed by atoms with van der Waals surface area (Å²) in [4.78, 5) is 21.8. The minimum Gasteiger partial charge on any atom is -0.469 e. The quantitative estimate of drug-likeness (QED) is 0.398. The molecule has 1 rings (SSSR count). The van der Waals surface area contributed by atoms with Crippen LogP contribution in [0.2, 0.25) is 0 Å². The summed E-state index contributed by atoms with van der Waals surface area (Å²) in [6.07, 6.45) is -0.236. The van der Waals surface area contributed by atoms with Crippen LogP contribution in [-0.4, -0.2) is 23.2 Å². The summed E-state index contributed by atoms with van der Waals surface area (Å²) >= 11 is 1.18. The van der Waals surface area contributed by atoms with E-state index in [4.69, 9.17) is 0 Å². The van der Waals surface area contributed by atoms with Crippen LogP contribution in [0.5, 0.6) is 0 Å². The third-order valence-corrected chi connectivity index (χ3v) is 1.82. The first kappa shape index (κ1) is 8.86. The maximum absolute atomic E-state index is 11.1. The van der Waals surface area contributed by atoms with Gasteiger partial charge >= 0.3 is 5.97 Å². The Morgan fingerprint density at radius 2 is 2.42 bits per heavy atom. The van der Waals surface area contributed by atoms with Gasteiger partial charge in [0.1, 0.15) is 12.1 Å². The molecule has 0 aliphatic carbocycles. The number of Topliss-reactive ketones (excluding diaryl/α,β-unsaturated/α-hetero) is 1. The van der Waals surface area contributed by atoms with Gasteiger partial charge in [0.05, 0.1) is 7.11 Å². The van der Waals surface area contributed by atoms with Crippen LogP contribution in [-0.2, 0) is 9.53 Å². The van der Waals surface area contributed by atoms with Crippen molar-refractivity contribution in [3.05, 3.63) is 17.1 Å². The van der Waals surface area contributed by atoms with Crippen molar-refractivity contribution in [3.8, 4) is 0 Å². The molecule has 0 unspecified atom stereocenters. The molecule has 0 aromatic carbocycles. The van der Waals surface area contributed by atoms with E-state index in [-0.39, 0.29) is 12.2 Å². The van der Waals surface area contributed by atoms with E-state index in [9.17, 15) is 9.59 Å². The third-order valence-electron chi connectivity index (χ3n) is 1.26. The number of nitrogens with zero attached hydrogens (tertiary/aromatic N) is 1. The zero-order valence-electron chi connectivity index (χ0n) is 6.44. The minimum atomic E-state index is -0.534. The van der Waals surface area contributed by atoms with Crippen molar-refractivity contribution in [2.24, 2.45) is 0 Å². The molecule has 64 valence electrons. The zero-order valence-corrected chi connectivity index (χ0v) is 7.26. The van der Waals surface area contributed by atoms with Crippen molar-refractivity contribution < 1.29 is 14.3 Å². The van der Waals surface area contributed by atoms with Crippen LogP contribution in [0, 0.1) is 0 Å². The van der Waals surface area contributed by atoms with Gasteiger partial charge in [-0.25, -0.2) is 0 Å². The van der Waals surface area contributed by atoms with Gasteiger partial charge in [-0.1, -0.05) is 0 Å². The average molecular weight is 185 g/mol. The summed E-state index contributed by atoms with van der Waals surface area (Å²) < 4.78 is 8.12. The molecule has 1 aromatic rings. The Bertz CT molecular complexity index is 281. The number of methoxy groups -OCH3 is 1. The largest absolute Gasteiger partial charge is 0.469 e. The van der Waals surface area contributed by atoms with Crippen LogP contribution < -0.4 is 0 Å². The predicted octanol–water partition coefficient (Wildman–Crippen LogP) is 0.889. The Hall–Kier alpha value is -1.23. The highest BCUT2D eigenvalue weighted by Crippen LogP contribution is 2.03. The van der Waals surface area contributed by atoms with Crippen molar-refractivity contribution in [3.63, 3.8) is 0 Å². The Labute approximate surface area is 73.3 Å². The molecule has 5 heteroatoms. The van der Waals surface area contributed by atoms with E-state index in [1.54, 1.807) is 11.4 Å². The smallest absolute Gasteiger partial charge is 0.313 e. The monoisotopic (exact) mass is 185 g/mol. The van der Waals surface area contributed by atoms with E-state index in [0.717, 1.165) is 0 Å². The number of ketones is 1. The number of carbonyl (C=O) groups excluding carboxylic acids is 2. The highest BCUT2D eigenvalue weighted by atomic mass is 32.1. The van der Waals surface area contributed by atoms with Crippen LogP contribution >= 0.6 is 11.5 Å². The molecule has 4 nitrogen and oxygen atoms in total. The van der Waals surface area contributed by atoms with Gasteiger partial charge in [-0.05, 0) is 17.6 Å². The van der Waals surface area contributed by atoms with E-state index in [0.29, 0.717) is 5.69 Å². The highest BCUT2D eigenvalue weighted by molar-refractivity contribution is 7.03. The Balaban J connectivity index is 2.56. The fourth-order valence-electron chi connectivity index (χ4n) is 0.650. The molecule has 0 spiro atoms. The second kappa shape index (κ2) is 3.96. The third kappa shape index (κ3) is 2.13. The SMILES string of the molecule is COC(=O)CC(=O)c1ccsn1. The Morgan fingerprint density at radius 3 is 2.92 bits per heavy atom. The highest BCUT2D eigenvalue weighted by Gasteiger charge is 2.12. The standard InChI is InChI=1S/C7H7NO3S/c1-11-7(10)4-6(9)5-2-3-12-8-5/h2-3H,4H2,1H3. The van der Waals surface area contributed by atoms with Gasteiger partial charge in [-0.3, -0.25) is 9.59 Å². The van der Waals surface area contributed by atoms with Gasteiger partial charge < -0.3 is 4.74 Å². The van der Waals surface area contributed by atoms with Crippen molar-refractivity contribution in [1.29, 1.82) is 0 Å². The summed E-state index contributed by atoms with van der Waals surface area (Å²) in [5, 5.41) is 1.69. The van der Waals surface area contributed by atoms with Gasteiger partial charge in [-0.2, -0.15) is 4.37 Å². The minimum absolute atomic E-state index is 0.236. The first-order chi connectivity index (χ1) is 5.74. The zero-order chi connectivity index (χ0) is 8.97. The summed E-state index contributed by atoms with van der Waals surface area (Å²) in [6.45, 7) is 0. The molecule has 12 heavy (non-hydrogen) atoms. The van der Waals surface area contributed by atoms with E-state index >= 15 is 0 Å². The Kier molecular flexibility index (Phi) is 2.93. The van der Waals surface area contributed by atoms with Gasteiger partial charge in [0, 0.05) is 5.38 Å². The topological polar surface area (TPSA) is 56.3 Å². The lowest BCUT2D eigenvalue weighted by Crippen LogP contribution is -2.09. The number of rotatable bonds is 3. The van der Waals surface area contributed by atoms with Crippen molar-refractivity contribution in [2.75, 3.05) is 7.11 Å². The number of esters is 1. The number of hydrogen-bond donors (Lipinski definition) is 0. The van der Waals surface area contributed by atoms with E-state index in [1.807, 2.05) is 0 Å². The number of hydrogen-bond acceptors (Lipinski definition) is 5. The maximum atomic E-state index is 11.1. The fraction of sp³-hybridized carbons (Fsp3) is 0.286. The molecule has 0 N–H and O–H groups in total. The summed E-state index contributed by atoms with van der Waals surface area (Å²) in [5.74, 6) is -0.837. The lowest BCUT2D eigenvalue weighted by molar-refractivity contribution is -0.139. The molecule has 0 fully saturated rings. The van der Waals surface area contributed by atoms with Gasteiger partial charge in [-0.15, -0.1) is 0 Å². The molecule has 0 aliphatic heterocycles. The number of aromatic nitrogens is 1. The first-order valence-electron chi connectivity index (χ1n) is 3.24. The maximum Gasteiger partial charge on any atom is 0.313 e. The van der Waals surface area contributed by atoms with Crippen LogP contribution in [0.4, 0.5) is 0 Å². The van der Waals surface area contributed by atoms with Crippen LogP contribution in [0.25, 0.3) is 0 Å². The summed E-state index contributed by atoms with van der Waals surface area (Å²) in [7, 11) is 1.25. The van der Waals surface area contributed by atoms with Crippen molar-refractivity contribution in [2.45, 2.75) is 6.42 Å². The second-order valence-electron chi connectivity index (χ2n) is 2.06. The number of ether oxygens (including phenoxy) is 1. The molecule has 0 saturated carbocycles. The summed E-state index contributed by atoms with van der Waals surface area (Å²) in [5.41, 5.74) is 0.324. The van der Waals surface area contributed by atoms with Crippen molar-refractivity contribution >= 4 is 23.3 Å².